The molecule has 1 atom stereocenters. The largest absolute Gasteiger partial charge is 0.490 e. The number of carbonyl (C=O) groups excluding carboxylic acids is 1. The van der Waals surface area contributed by atoms with Crippen LogP contribution in [0.15, 0.2) is 60.7 Å². The average molecular weight is 406 g/mol. The van der Waals surface area contributed by atoms with E-state index in [0.717, 1.165) is 5.69 Å². The van der Waals surface area contributed by atoms with E-state index in [0.29, 0.717) is 40.8 Å². The van der Waals surface area contributed by atoms with Crippen LogP contribution in [0.5, 0.6) is 17.2 Å². The molecule has 0 saturated carbocycles. The van der Waals surface area contributed by atoms with Gasteiger partial charge in [0.2, 0.25) is 0 Å². The van der Waals surface area contributed by atoms with E-state index >= 15 is 0 Å². The quantitative estimate of drug-likeness (QED) is 0.532. The summed E-state index contributed by atoms with van der Waals surface area (Å²) >= 11 is 0. The summed E-state index contributed by atoms with van der Waals surface area (Å²) in [5, 5.41) is 2.89. The number of aryl methyl sites for hydroxylation is 1. The van der Waals surface area contributed by atoms with Gasteiger partial charge in [0, 0.05) is 12.8 Å². The first-order chi connectivity index (χ1) is 14.5. The van der Waals surface area contributed by atoms with Crippen molar-refractivity contribution < 1.29 is 19.0 Å². The minimum Gasteiger partial charge on any atom is -0.490 e. The van der Waals surface area contributed by atoms with Crippen molar-refractivity contribution in [2.45, 2.75) is 26.9 Å². The SMILES string of the molecule is CCOc1ccccc1Oc1ccc(NC(=O)c2ccc(C(C)OC)nc2C)cc1. The average Bonchev–Trinajstić information content (AvgIpc) is 2.76. The van der Waals surface area contributed by atoms with Crippen LogP contribution in [0, 0.1) is 6.92 Å². The van der Waals surface area contributed by atoms with E-state index in [9.17, 15) is 4.79 Å². The van der Waals surface area contributed by atoms with Gasteiger partial charge in [-0.05, 0) is 69.3 Å². The van der Waals surface area contributed by atoms with Crippen LogP contribution < -0.4 is 14.8 Å². The third-order valence-electron chi connectivity index (χ3n) is 4.61. The molecule has 0 fully saturated rings. The van der Waals surface area contributed by atoms with Gasteiger partial charge >= 0.3 is 0 Å². The number of amides is 1. The minimum atomic E-state index is -0.216. The zero-order chi connectivity index (χ0) is 21.5. The van der Waals surface area contributed by atoms with E-state index in [1.54, 1.807) is 37.4 Å². The molecule has 0 spiro atoms. The molecule has 1 aromatic heterocycles. The van der Waals surface area contributed by atoms with Gasteiger partial charge in [-0.2, -0.15) is 0 Å². The Labute approximate surface area is 176 Å². The lowest BCUT2D eigenvalue weighted by atomic mass is 10.1. The van der Waals surface area contributed by atoms with Crippen molar-refractivity contribution >= 4 is 11.6 Å². The van der Waals surface area contributed by atoms with Crippen LogP contribution in [0.4, 0.5) is 5.69 Å². The lowest BCUT2D eigenvalue weighted by molar-refractivity contribution is 0.102. The van der Waals surface area contributed by atoms with Crippen LogP contribution in [0.3, 0.4) is 0 Å². The van der Waals surface area contributed by atoms with Gasteiger partial charge in [-0.15, -0.1) is 0 Å². The third kappa shape index (κ3) is 5.15. The molecule has 156 valence electrons. The molecule has 1 N–H and O–H groups in total. The molecule has 2 aromatic carbocycles. The number of aromatic nitrogens is 1. The fraction of sp³-hybridized carbons (Fsp3) is 0.250. The number of ether oxygens (including phenoxy) is 3. The van der Waals surface area contributed by atoms with E-state index in [1.165, 1.54) is 0 Å². The van der Waals surface area contributed by atoms with Crippen LogP contribution in [-0.2, 0) is 4.74 Å². The lowest BCUT2D eigenvalue weighted by Gasteiger charge is -2.13. The Balaban J connectivity index is 1.68. The van der Waals surface area contributed by atoms with E-state index in [1.807, 2.05) is 51.1 Å². The minimum absolute atomic E-state index is 0.124. The molecule has 6 nitrogen and oxygen atoms in total. The highest BCUT2D eigenvalue weighted by Gasteiger charge is 2.14. The maximum atomic E-state index is 12.6. The van der Waals surface area contributed by atoms with Crippen molar-refractivity contribution in [3.8, 4) is 17.2 Å². The summed E-state index contributed by atoms with van der Waals surface area (Å²) in [5.74, 6) is 1.76. The van der Waals surface area contributed by atoms with Gasteiger partial charge in [0.15, 0.2) is 11.5 Å². The number of benzene rings is 2. The second-order valence-corrected chi connectivity index (χ2v) is 6.71. The van der Waals surface area contributed by atoms with Crippen molar-refractivity contribution in [1.29, 1.82) is 0 Å². The van der Waals surface area contributed by atoms with Gasteiger partial charge in [0.25, 0.3) is 5.91 Å². The molecule has 6 heteroatoms. The van der Waals surface area contributed by atoms with Crippen molar-refractivity contribution in [2.24, 2.45) is 0 Å². The fourth-order valence-corrected chi connectivity index (χ4v) is 2.91. The topological polar surface area (TPSA) is 69.7 Å². The highest BCUT2D eigenvalue weighted by molar-refractivity contribution is 6.05. The molecule has 1 unspecified atom stereocenters. The predicted molar refractivity (Wildman–Crippen MR) is 116 cm³/mol. The van der Waals surface area contributed by atoms with Crippen molar-refractivity contribution in [2.75, 3.05) is 19.0 Å². The number of methoxy groups -OCH3 is 1. The van der Waals surface area contributed by atoms with Crippen LogP contribution in [0.2, 0.25) is 0 Å². The van der Waals surface area contributed by atoms with Crippen molar-refractivity contribution in [3.63, 3.8) is 0 Å². The van der Waals surface area contributed by atoms with Gasteiger partial charge in [0.1, 0.15) is 5.75 Å². The number of nitrogens with one attached hydrogen (secondary N) is 1. The molecule has 0 bridgehead atoms. The number of hydrogen-bond donors (Lipinski definition) is 1. The Morgan fingerprint density at radius 3 is 2.37 bits per heavy atom. The predicted octanol–water partition coefficient (Wildman–Crippen LogP) is 5.54. The summed E-state index contributed by atoms with van der Waals surface area (Å²) in [5.41, 5.74) is 2.63. The first-order valence-corrected chi connectivity index (χ1v) is 9.83. The van der Waals surface area contributed by atoms with Crippen molar-refractivity contribution in [1.82, 2.24) is 4.98 Å². The fourth-order valence-electron chi connectivity index (χ4n) is 2.91. The summed E-state index contributed by atoms with van der Waals surface area (Å²) in [6.45, 7) is 6.22. The lowest BCUT2D eigenvalue weighted by Crippen LogP contribution is -2.15. The zero-order valence-corrected chi connectivity index (χ0v) is 17.6. The maximum Gasteiger partial charge on any atom is 0.257 e. The van der Waals surface area contributed by atoms with E-state index < -0.39 is 0 Å². The van der Waals surface area contributed by atoms with Gasteiger partial charge in [-0.3, -0.25) is 9.78 Å². The van der Waals surface area contributed by atoms with Gasteiger partial charge < -0.3 is 19.5 Å². The third-order valence-corrected chi connectivity index (χ3v) is 4.61. The molecule has 3 rings (SSSR count). The highest BCUT2D eigenvalue weighted by Crippen LogP contribution is 2.31. The van der Waals surface area contributed by atoms with Gasteiger partial charge in [0.05, 0.1) is 29.7 Å². The molecule has 0 radical (unpaired) electrons. The molecule has 3 aromatic rings. The zero-order valence-electron chi connectivity index (χ0n) is 17.6. The smallest absolute Gasteiger partial charge is 0.257 e. The van der Waals surface area contributed by atoms with E-state index in [2.05, 4.69) is 10.3 Å². The molecule has 1 heterocycles. The van der Waals surface area contributed by atoms with Crippen LogP contribution in [0.25, 0.3) is 0 Å². The Morgan fingerprint density at radius 2 is 1.73 bits per heavy atom. The summed E-state index contributed by atoms with van der Waals surface area (Å²) in [6.07, 6.45) is -0.124. The number of nitrogens with zero attached hydrogens (tertiary/aromatic N) is 1. The molecule has 1 amide bonds. The highest BCUT2D eigenvalue weighted by atomic mass is 16.5. The van der Waals surface area contributed by atoms with Crippen molar-refractivity contribution in [3.05, 3.63) is 77.6 Å². The van der Waals surface area contributed by atoms with E-state index in [4.69, 9.17) is 14.2 Å². The normalized spacial score (nSPS) is 11.6. The Bertz CT molecular complexity index is 1000. The number of pyridine rings is 1. The maximum absolute atomic E-state index is 12.6. The standard InChI is InChI=1S/C24H26N2O4/c1-5-29-22-8-6-7-9-23(22)30-19-12-10-18(11-13-19)26-24(27)20-14-15-21(17(3)28-4)25-16(20)2/h6-15,17H,5H2,1-4H3,(H,26,27). The molecular formula is C24H26N2O4. The molecule has 0 aliphatic rings. The monoisotopic (exact) mass is 406 g/mol. The summed E-state index contributed by atoms with van der Waals surface area (Å²) < 4.78 is 16.8. The molecule has 0 aliphatic heterocycles. The van der Waals surface area contributed by atoms with Crippen LogP contribution in [0.1, 0.15) is 41.7 Å². The number of rotatable bonds is 8. The first kappa shape index (κ1) is 21.3. The second kappa shape index (κ2) is 9.89. The Morgan fingerprint density at radius 1 is 1.03 bits per heavy atom. The number of hydrogen-bond acceptors (Lipinski definition) is 5. The Kier molecular flexibility index (Phi) is 7.03. The van der Waals surface area contributed by atoms with Gasteiger partial charge in [-0.1, -0.05) is 12.1 Å². The molecule has 0 saturated heterocycles. The van der Waals surface area contributed by atoms with Crippen LogP contribution in [-0.4, -0.2) is 24.6 Å². The molecular weight excluding hydrogens is 380 g/mol. The Hall–Kier alpha value is -3.38. The molecule has 0 aliphatic carbocycles. The van der Waals surface area contributed by atoms with Crippen LogP contribution >= 0.6 is 0 Å². The number of anilines is 1. The summed E-state index contributed by atoms with van der Waals surface area (Å²) in [4.78, 5) is 17.1. The summed E-state index contributed by atoms with van der Waals surface area (Å²) in [7, 11) is 1.63. The van der Waals surface area contributed by atoms with Gasteiger partial charge in [-0.25, -0.2) is 0 Å². The number of para-hydroxylation sites is 2. The number of carbonyl (C=O) groups is 1. The van der Waals surface area contributed by atoms with E-state index in [-0.39, 0.29) is 12.0 Å². The summed E-state index contributed by atoms with van der Waals surface area (Å²) in [6, 6.07) is 18.3. The second-order valence-electron chi connectivity index (χ2n) is 6.71. The first-order valence-electron chi connectivity index (χ1n) is 9.83. The molecule has 30 heavy (non-hydrogen) atoms.